The summed E-state index contributed by atoms with van der Waals surface area (Å²) in [7, 11) is 0. The molecule has 3 aromatic rings. The molecule has 1 aliphatic rings. The van der Waals surface area contributed by atoms with Gasteiger partial charge in [-0.25, -0.2) is 0 Å². The molecule has 0 fully saturated rings. The standard InChI is InChI=1S/C16H16N2OS2/c1-11-9-12(17-19-11)10-18-6-4-14-13(5-8-21-14)16(18)15-3-2-7-20-15/h2-3,5,7-9,16H,4,6,10H2,1H3/t16-/m0/s1. The van der Waals surface area contributed by atoms with E-state index in [1.54, 1.807) is 0 Å². The highest BCUT2D eigenvalue weighted by molar-refractivity contribution is 7.10. The van der Waals surface area contributed by atoms with Gasteiger partial charge >= 0.3 is 0 Å². The van der Waals surface area contributed by atoms with Gasteiger partial charge < -0.3 is 4.52 Å². The van der Waals surface area contributed by atoms with Crippen LogP contribution in [0, 0.1) is 6.92 Å². The molecule has 0 spiro atoms. The van der Waals surface area contributed by atoms with Crippen LogP contribution in [-0.4, -0.2) is 16.6 Å². The lowest BCUT2D eigenvalue weighted by molar-refractivity contribution is 0.202. The Labute approximate surface area is 131 Å². The number of hydrogen-bond acceptors (Lipinski definition) is 5. The third-order valence-electron chi connectivity index (χ3n) is 3.92. The normalized spacial score (nSPS) is 18.8. The van der Waals surface area contributed by atoms with Gasteiger partial charge in [0.2, 0.25) is 0 Å². The predicted molar refractivity (Wildman–Crippen MR) is 85.8 cm³/mol. The molecule has 0 aromatic carbocycles. The van der Waals surface area contributed by atoms with Crippen LogP contribution >= 0.6 is 22.7 Å². The third kappa shape index (κ3) is 2.46. The fraction of sp³-hybridized carbons (Fsp3) is 0.312. The lowest BCUT2D eigenvalue weighted by Gasteiger charge is -2.34. The molecular formula is C16H16N2OS2. The van der Waals surface area contributed by atoms with Crippen LogP contribution in [0.2, 0.25) is 0 Å². The van der Waals surface area contributed by atoms with E-state index in [4.69, 9.17) is 4.52 Å². The maximum atomic E-state index is 5.21. The fourth-order valence-electron chi connectivity index (χ4n) is 3.02. The van der Waals surface area contributed by atoms with E-state index in [1.807, 2.05) is 35.7 Å². The molecule has 1 atom stereocenters. The number of aryl methyl sites for hydroxylation is 1. The van der Waals surface area contributed by atoms with Gasteiger partial charge in [-0.05, 0) is 41.8 Å². The van der Waals surface area contributed by atoms with Crippen molar-refractivity contribution >= 4 is 22.7 Å². The van der Waals surface area contributed by atoms with Crippen LogP contribution in [0.25, 0.3) is 0 Å². The van der Waals surface area contributed by atoms with Crippen LogP contribution in [-0.2, 0) is 13.0 Å². The van der Waals surface area contributed by atoms with Crippen molar-refractivity contribution in [1.82, 2.24) is 10.1 Å². The highest BCUT2D eigenvalue weighted by Gasteiger charge is 2.30. The average molecular weight is 316 g/mol. The second kappa shape index (κ2) is 5.40. The topological polar surface area (TPSA) is 29.3 Å². The number of fused-ring (bicyclic) bond motifs is 1. The zero-order valence-electron chi connectivity index (χ0n) is 11.8. The first-order valence-corrected chi connectivity index (χ1v) is 8.83. The summed E-state index contributed by atoms with van der Waals surface area (Å²) in [6.45, 7) is 3.86. The first-order chi connectivity index (χ1) is 10.3. The van der Waals surface area contributed by atoms with E-state index in [0.717, 1.165) is 31.0 Å². The summed E-state index contributed by atoms with van der Waals surface area (Å²) in [4.78, 5) is 5.45. The molecule has 0 amide bonds. The first-order valence-electron chi connectivity index (χ1n) is 7.07. The van der Waals surface area contributed by atoms with Gasteiger partial charge in [0.1, 0.15) is 5.76 Å². The van der Waals surface area contributed by atoms with Crippen molar-refractivity contribution < 1.29 is 4.52 Å². The Morgan fingerprint density at radius 3 is 3.05 bits per heavy atom. The van der Waals surface area contributed by atoms with Crippen LogP contribution in [0.1, 0.15) is 32.8 Å². The molecule has 0 saturated carbocycles. The summed E-state index contributed by atoms with van der Waals surface area (Å²) >= 11 is 3.72. The van der Waals surface area contributed by atoms with Gasteiger partial charge in [-0.2, -0.15) is 0 Å². The molecule has 1 aliphatic heterocycles. The number of hydrogen-bond donors (Lipinski definition) is 0. The number of rotatable bonds is 3. The zero-order valence-corrected chi connectivity index (χ0v) is 13.4. The van der Waals surface area contributed by atoms with Crippen molar-refractivity contribution in [3.63, 3.8) is 0 Å². The smallest absolute Gasteiger partial charge is 0.133 e. The molecule has 3 aromatic heterocycles. The molecule has 3 nitrogen and oxygen atoms in total. The van der Waals surface area contributed by atoms with E-state index < -0.39 is 0 Å². The van der Waals surface area contributed by atoms with Crippen LogP contribution in [0.15, 0.2) is 39.5 Å². The molecule has 0 N–H and O–H groups in total. The van der Waals surface area contributed by atoms with Crippen LogP contribution < -0.4 is 0 Å². The van der Waals surface area contributed by atoms with Gasteiger partial charge in [-0.15, -0.1) is 22.7 Å². The van der Waals surface area contributed by atoms with Gasteiger partial charge in [-0.1, -0.05) is 11.2 Å². The molecule has 108 valence electrons. The minimum absolute atomic E-state index is 0.358. The van der Waals surface area contributed by atoms with Crippen LogP contribution in [0.5, 0.6) is 0 Å². The SMILES string of the molecule is Cc1cc(CN2CCc3sccc3[C@H]2c2cccs2)no1. The Morgan fingerprint density at radius 2 is 2.29 bits per heavy atom. The first kappa shape index (κ1) is 13.2. The van der Waals surface area contributed by atoms with E-state index in [1.165, 1.54) is 15.3 Å². The average Bonchev–Trinajstić information content (AvgIpc) is 3.20. The summed E-state index contributed by atoms with van der Waals surface area (Å²) in [5.41, 5.74) is 2.49. The van der Waals surface area contributed by atoms with E-state index in [-0.39, 0.29) is 0 Å². The molecule has 4 heterocycles. The minimum atomic E-state index is 0.358. The van der Waals surface area contributed by atoms with Crippen molar-refractivity contribution in [2.45, 2.75) is 25.9 Å². The van der Waals surface area contributed by atoms with Gasteiger partial charge in [0.15, 0.2) is 0 Å². The largest absolute Gasteiger partial charge is 0.361 e. The second-order valence-electron chi connectivity index (χ2n) is 5.37. The Hall–Kier alpha value is -1.43. The van der Waals surface area contributed by atoms with Gasteiger partial charge in [0.25, 0.3) is 0 Å². The summed E-state index contributed by atoms with van der Waals surface area (Å²) in [6, 6.07) is 9.05. The summed E-state index contributed by atoms with van der Waals surface area (Å²) in [5, 5.41) is 8.54. The van der Waals surface area contributed by atoms with Crippen molar-refractivity contribution in [2.24, 2.45) is 0 Å². The lowest BCUT2D eigenvalue weighted by Crippen LogP contribution is -2.34. The molecule has 0 unspecified atom stereocenters. The number of nitrogens with zero attached hydrogens (tertiary/aromatic N) is 2. The Bertz CT molecular complexity index is 729. The summed E-state index contributed by atoms with van der Waals surface area (Å²) < 4.78 is 5.21. The Balaban J connectivity index is 1.69. The lowest BCUT2D eigenvalue weighted by atomic mass is 9.98. The monoisotopic (exact) mass is 316 g/mol. The predicted octanol–water partition coefficient (Wildman–Crippen LogP) is 4.25. The minimum Gasteiger partial charge on any atom is -0.361 e. The van der Waals surface area contributed by atoms with E-state index in [2.05, 4.69) is 39.0 Å². The van der Waals surface area contributed by atoms with Gasteiger partial charge in [0, 0.05) is 28.9 Å². The van der Waals surface area contributed by atoms with Crippen LogP contribution in [0.3, 0.4) is 0 Å². The van der Waals surface area contributed by atoms with E-state index in [0.29, 0.717) is 6.04 Å². The second-order valence-corrected chi connectivity index (χ2v) is 7.35. The fourth-order valence-corrected chi connectivity index (χ4v) is 4.80. The van der Waals surface area contributed by atoms with Crippen molar-refractivity contribution in [2.75, 3.05) is 6.54 Å². The third-order valence-corrected chi connectivity index (χ3v) is 5.84. The zero-order chi connectivity index (χ0) is 14.2. The summed E-state index contributed by atoms with van der Waals surface area (Å²) in [6.07, 6.45) is 1.13. The van der Waals surface area contributed by atoms with E-state index >= 15 is 0 Å². The molecule has 0 aliphatic carbocycles. The number of thiophene rings is 2. The van der Waals surface area contributed by atoms with Crippen molar-refractivity contribution in [1.29, 1.82) is 0 Å². The van der Waals surface area contributed by atoms with Crippen molar-refractivity contribution in [3.05, 3.63) is 61.8 Å². The maximum Gasteiger partial charge on any atom is 0.133 e. The molecular weight excluding hydrogens is 300 g/mol. The van der Waals surface area contributed by atoms with Crippen LogP contribution in [0.4, 0.5) is 0 Å². The molecule has 0 radical (unpaired) electrons. The molecule has 0 bridgehead atoms. The van der Waals surface area contributed by atoms with Crippen molar-refractivity contribution in [3.8, 4) is 0 Å². The molecule has 21 heavy (non-hydrogen) atoms. The highest BCUT2D eigenvalue weighted by atomic mass is 32.1. The number of aromatic nitrogens is 1. The highest BCUT2D eigenvalue weighted by Crippen LogP contribution is 2.39. The molecule has 4 rings (SSSR count). The van der Waals surface area contributed by atoms with Gasteiger partial charge in [-0.3, -0.25) is 4.90 Å². The Morgan fingerprint density at radius 1 is 1.33 bits per heavy atom. The van der Waals surface area contributed by atoms with E-state index in [9.17, 15) is 0 Å². The Kier molecular flexibility index (Phi) is 3.41. The molecule has 5 heteroatoms. The van der Waals surface area contributed by atoms with Gasteiger partial charge in [0.05, 0.1) is 11.7 Å². The molecule has 0 saturated heterocycles. The quantitative estimate of drug-likeness (QED) is 0.723. The summed E-state index contributed by atoms with van der Waals surface area (Å²) in [5.74, 6) is 0.880. The maximum absolute atomic E-state index is 5.21.